The molecule has 4 aromatic rings. The summed E-state index contributed by atoms with van der Waals surface area (Å²) in [6.45, 7) is 5.97. The number of hydrogen-bond donors (Lipinski definition) is 2. The van der Waals surface area contributed by atoms with Crippen LogP contribution in [0, 0.1) is 32.4 Å². The molecule has 0 bridgehead atoms. The van der Waals surface area contributed by atoms with Crippen LogP contribution < -0.4 is 9.72 Å². The molecule has 0 aliphatic heterocycles. The number of nitrogens with zero attached hydrogens (tertiary/aromatic N) is 1. The van der Waals surface area contributed by atoms with Crippen LogP contribution in [0.1, 0.15) is 16.8 Å². The molecule has 27 heavy (non-hydrogen) atoms. The summed E-state index contributed by atoms with van der Waals surface area (Å²) in [5.41, 5.74) is 5.03. The van der Waals surface area contributed by atoms with E-state index in [0.29, 0.717) is 11.5 Å². The Hall–Kier alpha value is -3.21. The number of aromatic amines is 1. The van der Waals surface area contributed by atoms with E-state index in [9.17, 15) is 8.78 Å². The van der Waals surface area contributed by atoms with Gasteiger partial charge in [-0.05, 0) is 50.1 Å². The van der Waals surface area contributed by atoms with Gasteiger partial charge in [-0.2, -0.15) is 4.40 Å². The van der Waals surface area contributed by atoms with Gasteiger partial charge in [-0.15, -0.1) is 0 Å². The summed E-state index contributed by atoms with van der Waals surface area (Å²) in [4.78, 5) is 3.18. The summed E-state index contributed by atoms with van der Waals surface area (Å²) in [6.07, 6.45) is 0. The summed E-state index contributed by atoms with van der Waals surface area (Å²) in [6, 6.07) is 15.6. The van der Waals surface area contributed by atoms with Crippen LogP contribution in [0.4, 0.5) is 20.3 Å². The van der Waals surface area contributed by atoms with Crippen molar-refractivity contribution in [1.29, 1.82) is 0 Å². The molecule has 2 heterocycles. The Morgan fingerprint density at radius 1 is 0.815 bits per heavy atom. The van der Waals surface area contributed by atoms with Crippen molar-refractivity contribution in [1.82, 2.24) is 4.98 Å². The summed E-state index contributed by atoms with van der Waals surface area (Å²) < 4.78 is 31.0. The molecule has 136 valence electrons. The lowest BCUT2D eigenvalue weighted by atomic mass is 10.1. The molecule has 0 spiro atoms. The van der Waals surface area contributed by atoms with Gasteiger partial charge in [-0.3, -0.25) is 10.3 Å². The minimum absolute atomic E-state index is 0.0747. The number of imidazole rings is 1. The fraction of sp³-hybridized carbons (Fsp3) is 0.136. The lowest BCUT2D eigenvalue weighted by Crippen LogP contribution is -2.27. The number of aryl methyl sites for hydroxylation is 3. The van der Waals surface area contributed by atoms with Gasteiger partial charge in [0.1, 0.15) is 17.3 Å². The first-order valence-electron chi connectivity index (χ1n) is 8.78. The molecular weight excluding hydrogens is 344 g/mol. The minimum Gasteiger partial charge on any atom is -0.269 e. The van der Waals surface area contributed by atoms with Crippen LogP contribution in [-0.2, 0) is 0 Å². The molecule has 0 aliphatic carbocycles. The van der Waals surface area contributed by atoms with Crippen molar-refractivity contribution in [2.24, 2.45) is 0 Å². The lowest BCUT2D eigenvalue weighted by Gasteiger charge is -2.10. The highest BCUT2D eigenvalue weighted by Crippen LogP contribution is 2.33. The second-order valence-corrected chi connectivity index (χ2v) is 6.72. The van der Waals surface area contributed by atoms with Crippen molar-refractivity contribution >= 4 is 17.2 Å². The molecule has 0 unspecified atom stereocenters. The SMILES string of the molecule is Cc1cccc(C)c1Nc1c(-c2c(F)cccc2F)[nH]c2cccc(C)[n+]12. The number of para-hydroxylation sites is 1. The number of aromatic nitrogens is 2. The van der Waals surface area contributed by atoms with E-state index < -0.39 is 11.6 Å². The van der Waals surface area contributed by atoms with E-state index in [-0.39, 0.29) is 5.56 Å². The number of hydrogen-bond acceptors (Lipinski definition) is 1. The van der Waals surface area contributed by atoms with Crippen molar-refractivity contribution in [2.45, 2.75) is 20.8 Å². The Morgan fingerprint density at radius 2 is 1.41 bits per heavy atom. The predicted octanol–water partition coefficient (Wildman–Crippen LogP) is 5.37. The third-order valence-electron chi connectivity index (χ3n) is 4.84. The number of H-pyrrole nitrogens is 1. The van der Waals surface area contributed by atoms with Gasteiger partial charge in [0.05, 0.1) is 11.3 Å². The molecule has 0 atom stereocenters. The first kappa shape index (κ1) is 17.2. The molecule has 0 aliphatic rings. The summed E-state index contributed by atoms with van der Waals surface area (Å²) in [5.74, 6) is -0.613. The Bertz CT molecular complexity index is 1120. The maximum atomic E-state index is 14.5. The lowest BCUT2D eigenvalue weighted by molar-refractivity contribution is -0.502. The number of anilines is 2. The zero-order valence-corrected chi connectivity index (χ0v) is 15.4. The monoisotopic (exact) mass is 364 g/mol. The van der Waals surface area contributed by atoms with E-state index in [2.05, 4.69) is 10.3 Å². The second kappa shape index (κ2) is 6.50. The number of halogens is 2. The molecule has 3 nitrogen and oxygen atoms in total. The highest BCUT2D eigenvalue weighted by molar-refractivity contribution is 5.78. The van der Waals surface area contributed by atoms with Gasteiger partial charge in [0.2, 0.25) is 5.65 Å². The van der Waals surface area contributed by atoms with Crippen LogP contribution in [0.3, 0.4) is 0 Å². The van der Waals surface area contributed by atoms with Crippen molar-refractivity contribution in [3.05, 3.63) is 83.1 Å². The number of rotatable bonds is 3. The maximum absolute atomic E-state index is 14.5. The zero-order valence-electron chi connectivity index (χ0n) is 15.4. The molecule has 2 N–H and O–H groups in total. The normalized spacial score (nSPS) is 11.1. The van der Waals surface area contributed by atoms with Gasteiger partial charge in [0, 0.05) is 6.07 Å². The predicted molar refractivity (Wildman–Crippen MR) is 103 cm³/mol. The van der Waals surface area contributed by atoms with Crippen LogP contribution >= 0.6 is 0 Å². The molecular formula is C22H20F2N3+. The minimum atomic E-state index is -0.607. The van der Waals surface area contributed by atoms with E-state index in [1.165, 1.54) is 18.2 Å². The van der Waals surface area contributed by atoms with E-state index in [0.717, 1.165) is 28.2 Å². The number of fused-ring (bicyclic) bond motifs is 1. The van der Waals surface area contributed by atoms with Crippen molar-refractivity contribution < 1.29 is 13.2 Å². The number of nitrogens with one attached hydrogen (secondary N) is 2. The van der Waals surface area contributed by atoms with Gasteiger partial charge in [-0.1, -0.05) is 30.3 Å². The van der Waals surface area contributed by atoms with Gasteiger partial charge in [0.15, 0.2) is 5.69 Å². The van der Waals surface area contributed by atoms with Gasteiger partial charge in [-0.25, -0.2) is 8.78 Å². The van der Waals surface area contributed by atoms with Crippen LogP contribution in [0.15, 0.2) is 54.6 Å². The maximum Gasteiger partial charge on any atom is 0.271 e. The molecule has 0 fully saturated rings. The largest absolute Gasteiger partial charge is 0.271 e. The summed E-state index contributed by atoms with van der Waals surface area (Å²) in [7, 11) is 0. The fourth-order valence-electron chi connectivity index (χ4n) is 3.48. The highest BCUT2D eigenvalue weighted by atomic mass is 19.1. The quantitative estimate of drug-likeness (QED) is 0.471. The smallest absolute Gasteiger partial charge is 0.269 e. The second-order valence-electron chi connectivity index (χ2n) is 6.72. The topological polar surface area (TPSA) is 31.9 Å². The Balaban J connectivity index is 2.03. The third-order valence-corrected chi connectivity index (χ3v) is 4.84. The molecule has 0 amide bonds. The number of pyridine rings is 1. The summed E-state index contributed by atoms with van der Waals surface area (Å²) in [5, 5.41) is 3.42. The van der Waals surface area contributed by atoms with Gasteiger partial charge in [0.25, 0.3) is 5.82 Å². The van der Waals surface area contributed by atoms with E-state index in [1.807, 2.05) is 61.6 Å². The average molecular weight is 364 g/mol. The van der Waals surface area contributed by atoms with Crippen LogP contribution in [0.25, 0.3) is 16.9 Å². The molecule has 0 saturated heterocycles. The van der Waals surface area contributed by atoms with Crippen molar-refractivity contribution in [3.8, 4) is 11.3 Å². The Labute approximate surface area is 156 Å². The summed E-state index contributed by atoms with van der Waals surface area (Å²) >= 11 is 0. The average Bonchev–Trinajstić information content (AvgIpc) is 2.97. The van der Waals surface area contributed by atoms with Gasteiger partial charge < -0.3 is 0 Å². The van der Waals surface area contributed by atoms with E-state index >= 15 is 0 Å². The van der Waals surface area contributed by atoms with Crippen LogP contribution in [-0.4, -0.2) is 4.98 Å². The molecule has 0 radical (unpaired) electrons. The Morgan fingerprint density at radius 3 is 2.07 bits per heavy atom. The standard InChI is InChI=1S/C22H19F2N3/c1-13-7-4-8-14(2)20(13)26-22-21(19-16(23)10-6-11-17(19)24)25-18-12-5-9-15(3)27(18)22/h4-12,26H,1-3H3/p+1. The first-order chi connectivity index (χ1) is 13.0. The van der Waals surface area contributed by atoms with E-state index in [1.54, 1.807) is 0 Å². The van der Waals surface area contributed by atoms with Crippen molar-refractivity contribution in [2.75, 3.05) is 5.32 Å². The molecule has 2 aromatic heterocycles. The van der Waals surface area contributed by atoms with Gasteiger partial charge >= 0.3 is 0 Å². The molecule has 4 rings (SSSR count). The Kier molecular flexibility index (Phi) is 4.15. The third kappa shape index (κ3) is 2.85. The van der Waals surface area contributed by atoms with E-state index in [4.69, 9.17) is 0 Å². The molecule has 0 saturated carbocycles. The molecule has 2 aromatic carbocycles. The highest BCUT2D eigenvalue weighted by Gasteiger charge is 2.27. The van der Waals surface area contributed by atoms with Crippen LogP contribution in [0.5, 0.6) is 0 Å². The zero-order chi connectivity index (χ0) is 19.1. The fourth-order valence-corrected chi connectivity index (χ4v) is 3.48. The first-order valence-corrected chi connectivity index (χ1v) is 8.78. The van der Waals surface area contributed by atoms with Crippen molar-refractivity contribution in [3.63, 3.8) is 0 Å². The van der Waals surface area contributed by atoms with Crippen LogP contribution in [0.2, 0.25) is 0 Å². The molecule has 5 heteroatoms. The number of benzene rings is 2.